The number of amides is 1. The minimum Gasteiger partial charge on any atom is -0.440 e. The fourth-order valence-corrected chi connectivity index (χ4v) is 2.19. The van der Waals surface area contributed by atoms with Gasteiger partial charge >= 0.3 is 0 Å². The largest absolute Gasteiger partial charge is 0.440 e. The Morgan fingerprint density at radius 2 is 2.00 bits per heavy atom. The maximum Gasteiger partial charge on any atom is 0.287 e. The van der Waals surface area contributed by atoms with Crippen LogP contribution in [-0.4, -0.2) is 5.91 Å². The minimum atomic E-state index is -0.262. The SMILES string of the molecule is CCC(NC(=O)c1ccc(Cl)o1)c1ccc(Br)cc1. The number of hydrogen-bond acceptors (Lipinski definition) is 2. The molecule has 2 rings (SSSR count). The third kappa shape index (κ3) is 3.61. The molecule has 2 aromatic rings. The molecule has 3 nitrogen and oxygen atoms in total. The molecule has 0 saturated carbocycles. The van der Waals surface area contributed by atoms with Crippen LogP contribution in [0.3, 0.4) is 0 Å². The van der Waals surface area contributed by atoms with E-state index in [1.165, 1.54) is 0 Å². The lowest BCUT2D eigenvalue weighted by molar-refractivity contribution is 0.0907. The molecule has 19 heavy (non-hydrogen) atoms. The first-order chi connectivity index (χ1) is 9.10. The number of halogens is 2. The number of furan rings is 1. The fourth-order valence-electron chi connectivity index (χ4n) is 1.78. The van der Waals surface area contributed by atoms with Gasteiger partial charge in [0.25, 0.3) is 5.91 Å². The first-order valence-corrected chi connectivity index (χ1v) is 7.09. The highest BCUT2D eigenvalue weighted by Gasteiger charge is 2.16. The molecule has 0 radical (unpaired) electrons. The number of carbonyl (C=O) groups excluding carboxylic acids is 1. The summed E-state index contributed by atoms with van der Waals surface area (Å²) in [6.07, 6.45) is 0.793. The summed E-state index contributed by atoms with van der Waals surface area (Å²) >= 11 is 9.05. The Bertz CT molecular complexity index is 565. The average molecular weight is 343 g/mol. The van der Waals surface area contributed by atoms with Gasteiger partial charge in [-0.15, -0.1) is 0 Å². The standard InChI is InChI=1S/C14H13BrClNO2/c1-2-11(9-3-5-10(15)6-4-9)17-14(18)12-7-8-13(16)19-12/h3-8,11H,2H2,1H3,(H,17,18). The molecule has 5 heteroatoms. The lowest BCUT2D eigenvalue weighted by Crippen LogP contribution is -2.27. The van der Waals surface area contributed by atoms with E-state index in [4.69, 9.17) is 16.0 Å². The Kier molecular flexibility index (Phi) is 4.66. The van der Waals surface area contributed by atoms with Crippen LogP contribution in [0.4, 0.5) is 0 Å². The van der Waals surface area contributed by atoms with Crippen molar-refractivity contribution < 1.29 is 9.21 Å². The van der Waals surface area contributed by atoms with Gasteiger partial charge in [0, 0.05) is 4.47 Å². The zero-order chi connectivity index (χ0) is 13.8. The second-order valence-electron chi connectivity index (χ2n) is 4.09. The number of nitrogens with one attached hydrogen (secondary N) is 1. The molecule has 0 bridgehead atoms. The number of rotatable bonds is 4. The van der Waals surface area contributed by atoms with E-state index in [0.717, 1.165) is 16.5 Å². The van der Waals surface area contributed by atoms with E-state index in [1.807, 2.05) is 31.2 Å². The van der Waals surface area contributed by atoms with Crippen molar-refractivity contribution in [2.45, 2.75) is 19.4 Å². The number of hydrogen-bond donors (Lipinski definition) is 1. The van der Waals surface area contributed by atoms with E-state index < -0.39 is 0 Å². The van der Waals surface area contributed by atoms with Gasteiger partial charge in [0.05, 0.1) is 6.04 Å². The van der Waals surface area contributed by atoms with Crippen LogP contribution in [0.25, 0.3) is 0 Å². The first-order valence-electron chi connectivity index (χ1n) is 5.92. The van der Waals surface area contributed by atoms with Crippen LogP contribution in [-0.2, 0) is 0 Å². The molecule has 1 N–H and O–H groups in total. The predicted octanol–water partition coefficient (Wildman–Crippen LogP) is 4.58. The summed E-state index contributed by atoms with van der Waals surface area (Å²) in [4.78, 5) is 12.0. The van der Waals surface area contributed by atoms with Crippen molar-refractivity contribution in [1.29, 1.82) is 0 Å². The van der Waals surface area contributed by atoms with Gasteiger partial charge in [0.1, 0.15) is 0 Å². The van der Waals surface area contributed by atoms with Crippen molar-refractivity contribution in [3.8, 4) is 0 Å². The lowest BCUT2D eigenvalue weighted by Gasteiger charge is -2.16. The second-order valence-corrected chi connectivity index (χ2v) is 5.38. The monoisotopic (exact) mass is 341 g/mol. The molecule has 0 aliphatic carbocycles. The normalized spacial score (nSPS) is 12.2. The number of carbonyl (C=O) groups is 1. The third-order valence-corrected chi connectivity index (χ3v) is 3.51. The van der Waals surface area contributed by atoms with Crippen molar-refractivity contribution >= 4 is 33.4 Å². The molecular formula is C14H13BrClNO2. The quantitative estimate of drug-likeness (QED) is 0.884. The predicted molar refractivity (Wildman–Crippen MR) is 78.4 cm³/mol. The molecule has 1 unspecified atom stereocenters. The topological polar surface area (TPSA) is 42.2 Å². The molecule has 0 spiro atoms. The van der Waals surface area contributed by atoms with E-state index in [2.05, 4.69) is 21.2 Å². The zero-order valence-corrected chi connectivity index (χ0v) is 12.7. The summed E-state index contributed by atoms with van der Waals surface area (Å²) in [5, 5.41) is 3.14. The van der Waals surface area contributed by atoms with Gasteiger partial charge in [0.2, 0.25) is 0 Å². The molecule has 1 amide bonds. The Morgan fingerprint density at radius 3 is 2.53 bits per heavy atom. The highest BCUT2D eigenvalue weighted by atomic mass is 79.9. The first kappa shape index (κ1) is 14.2. The molecule has 1 heterocycles. The molecule has 0 aliphatic heterocycles. The molecule has 0 aliphatic rings. The van der Waals surface area contributed by atoms with E-state index in [1.54, 1.807) is 12.1 Å². The highest BCUT2D eigenvalue weighted by molar-refractivity contribution is 9.10. The summed E-state index contributed by atoms with van der Waals surface area (Å²) in [5.74, 6) is -0.0396. The van der Waals surface area contributed by atoms with Gasteiger partial charge in [-0.2, -0.15) is 0 Å². The van der Waals surface area contributed by atoms with Crippen LogP contribution >= 0.6 is 27.5 Å². The molecular weight excluding hydrogens is 330 g/mol. The maximum atomic E-state index is 12.0. The van der Waals surface area contributed by atoms with Gasteiger partial charge in [-0.1, -0.05) is 35.0 Å². The van der Waals surface area contributed by atoms with E-state index in [9.17, 15) is 4.79 Å². The summed E-state index contributed by atoms with van der Waals surface area (Å²) < 4.78 is 6.10. The minimum absolute atomic E-state index is 0.0514. The Balaban J connectivity index is 2.11. The Labute approximate surface area is 125 Å². The van der Waals surface area contributed by atoms with E-state index >= 15 is 0 Å². The van der Waals surface area contributed by atoms with Crippen molar-refractivity contribution in [2.75, 3.05) is 0 Å². The Hall–Kier alpha value is -1.26. The van der Waals surface area contributed by atoms with Crippen LogP contribution in [0.5, 0.6) is 0 Å². The summed E-state index contributed by atoms with van der Waals surface area (Å²) in [7, 11) is 0. The van der Waals surface area contributed by atoms with Gasteiger partial charge in [-0.25, -0.2) is 0 Å². The maximum absolute atomic E-state index is 12.0. The van der Waals surface area contributed by atoms with E-state index in [-0.39, 0.29) is 22.9 Å². The summed E-state index contributed by atoms with van der Waals surface area (Å²) in [5.41, 5.74) is 1.05. The summed E-state index contributed by atoms with van der Waals surface area (Å²) in [6.45, 7) is 2.02. The van der Waals surface area contributed by atoms with E-state index in [0.29, 0.717) is 0 Å². The van der Waals surface area contributed by atoms with Crippen LogP contribution in [0.15, 0.2) is 45.3 Å². The van der Waals surface area contributed by atoms with Crippen LogP contribution in [0.2, 0.25) is 5.22 Å². The van der Waals surface area contributed by atoms with Crippen molar-refractivity contribution in [2.24, 2.45) is 0 Å². The van der Waals surface area contributed by atoms with Crippen molar-refractivity contribution in [1.82, 2.24) is 5.32 Å². The van der Waals surface area contributed by atoms with Crippen LogP contribution in [0.1, 0.15) is 35.5 Å². The van der Waals surface area contributed by atoms with Gasteiger partial charge < -0.3 is 9.73 Å². The number of benzene rings is 1. The Morgan fingerprint density at radius 1 is 1.32 bits per heavy atom. The molecule has 1 aromatic heterocycles. The van der Waals surface area contributed by atoms with Crippen LogP contribution < -0.4 is 5.32 Å². The molecule has 0 fully saturated rings. The smallest absolute Gasteiger partial charge is 0.287 e. The van der Waals surface area contributed by atoms with Crippen molar-refractivity contribution in [3.05, 3.63) is 57.4 Å². The van der Waals surface area contributed by atoms with Gasteiger partial charge in [-0.05, 0) is 47.9 Å². The summed E-state index contributed by atoms with van der Waals surface area (Å²) in [6, 6.07) is 10.9. The second kappa shape index (κ2) is 6.26. The highest BCUT2D eigenvalue weighted by Crippen LogP contribution is 2.21. The average Bonchev–Trinajstić information content (AvgIpc) is 2.84. The van der Waals surface area contributed by atoms with Crippen LogP contribution in [0, 0.1) is 0 Å². The fraction of sp³-hybridized carbons (Fsp3) is 0.214. The third-order valence-electron chi connectivity index (χ3n) is 2.78. The molecule has 1 atom stereocenters. The zero-order valence-electron chi connectivity index (χ0n) is 10.3. The molecule has 1 aromatic carbocycles. The van der Waals surface area contributed by atoms with Crippen molar-refractivity contribution in [3.63, 3.8) is 0 Å². The molecule has 100 valence electrons. The van der Waals surface area contributed by atoms with Gasteiger partial charge in [-0.3, -0.25) is 4.79 Å². The molecule has 0 saturated heterocycles. The van der Waals surface area contributed by atoms with Gasteiger partial charge in [0.15, 0.2) is 11.0 Å². The lowest BCUT2D eigenvalue weighted by atomic mass is 10.0.